The van der Waals surface area contributed by atoms with E-state index < -0.39 is 6.10 Å². The smallest absolute Gasteiger partial charge is 0.260 e. The number of carbonyl (C=O) groups excluding carboxylic acids is 1. The number of unbranched alkanes of at least 4 members (excludes halogenated alkanes) is 1. The minimum absolute atomic E-state index is 0.0723. The summed E-state index contributed by atoms with van der Waals surface area (Å²) in [5.41, 5.74) is 0. The maximum atomic E-state index is 12.3. The zero-order valence-corrected chi connectivity index (χ0v) is 14.8. The molecule has 0 spiro atoms. The van der Waals surface area contributed by atoms with Crippen molar-refractivity contribution in [1.29, 1.82) is 0 Å². The van der Waals surface area contributed by atoms with Crippen LogP contribution >= 0.6 is 11.6 Å². The van der Waals surface area contributed by atoms with Crippen molar-refractivity contribution in [2.75, 3.05) is 19.6 Å². The lowest BCUT2D eigenvalue weighted by molar-refractivity contribution is -0.128. The first-order valence-corrected chi connectivity index (χ1v) is 8.92. The second-order valence-electron chi connectivity index (χ2n) is 6.17. The molecular weight excluding hydrogens is 312 g/mol. The topological polar surface area (TPSA) is 41.6 Å². The molecule has 1 heterocycles. The van der Waals surface area contributed by atoms with Gasteiger partial charge in [0.2, 0.25) is 0 Å². The van der Waals surface area contributed by atoms with Gasteiger partial charge in [-0.05, 0) is 44.9 Å². The monoisotopic (exact) mass is 338 g/mol. The Morgan fingerprint density at radius 3 is 2.74 bits per heavy atom. The molecule has 128 valence electrons. The lowest BCUT2D eigenvalue weighted by Gasteiger charge is -2.32. The molecule has 1 aromatic carbocycles. The molecule has 1 amide bonds. The molecule has 1 aromatic rings. The van der Waals surface area contributed by atoms with Gasteiger partial charge in [0.05, 0.1) is 5.02 Å². The second kappa shape index (κ2) is 9.14. The first-order chi connectivity index (χ1) is 11.1. The van der Waals surface area contributed by atoms with Crippen LogP contribution in [0.5, 0.6) is 5.75 Å². The number of carbonyl (C=O) groups is 1. The molecule has 1 N–H and O–H groups in total. The summed E-state index contributed by atoms with van der Waals surface area (Å²) in [6.07, 6.45) is 3.95. The molecule has 0 radical (unpaired) electrons. The van der Waals surface area contributed by atoms with Crippen LogP contribution in [0.3, 0.4) is 0 Å². The van der Waals surface area contributed by atoms with Gasteiger partial charge >= 0.3 is 0 Å². The molecular formula is C18H27ClN2O2. The number of halogens is 1. The van der Waals surface area contributed by atoms with Gasteiger partial charge in [-0.1, -0.05) is 37.1 Å². The summed E-state index contributed by atoms with van der Waals surface area (Å²) in [5, 5.41) is 3.63. The van der Waals surface area contributed by atoms with E-state index >= 15 is 0 Å². The number of hydrogen-bond acceptors (Lipinski definition) is 3. The molecule has 1 aliphatic rings. The van der Waals surface area contributed by atoms with Crippen molar-refractivity contribution < 1.29 is 9.53 Å². The van der Waals surface area contributed by atoms with Crippen molar-refractivity contribution >= 4 is 17.5 Å². The standard InChI is InChI=1S/C18H27ClN2O2/c1-3-4-11-21-12-9-15(10-13-21)20-18(22)14(2)23-17-8-6-5-7-16(17)19/h5-8,14-15H,3-4,9-13H2,1-2H3,(H,20,22). The predicted octanol–water partition coefficient (Wildman–Crippen LogP) is 3.49. The van der Waals surface area contributed by atoms with Crippen LogP contribution in [0.1, 0.15) is 39.5 Å². The summed E-state index contributed by atoms with van der Waals surface area (Å²) in [4.78, 5) is 14.8. The fourth-order valence-corrected chi connectivity index (χ4v) is 2.97. The van der Waals surface area contributed by atoms with Crippen molar-refractivity contribution in [3.8, 4) is 5.75 Å². The third-order valence-electron chi connectivity index (χ3n) is 4.27. The first-order valence-electron chi connectivity index (χ1n) is 8.54. The van der Waals surface area contributed by atoms with Crippen LogP contribution in [0.25, 0.3) is 0 Å². The SMILES string of the molecule is CCCCN1CCC(NC(=O)C(C)Oc2ccccc2Cl)CC1. The minimum atomic E-state index is -0.548. The number of para-hydroxylation sites is 1. The number of piperidine rings is 1. The summed E-state index contributed by atoms with van der Waals surface area (Å²) < 4.78 is 5.67. The molecule has 23 heavy (non-hydrogen) atoms. The van der Waals surface area contributed by atoms with Crippen LogP contribution in [-0.4, -0.2) is 42.6 Å². The Morgan fingerprint density at radius 2 is 2.09 bits per heavy atom. The van der Waals surface area contributed by atoms with E-state index in [9.17, 15) is 4.79 Å². The van der Waals surface area contributed by atoms with E-state index in [1.165, 1.54) is 19.4 Å². The number of hydrogen-bond donors (Lipinski definition) is 1. The normalized spacial score (nSPS) is 17.7. The van der Waals surface area contributed by atoms with E-state index in [-0.39, 0.29) is 11.9 Å². The van der Waals surface area contributed by atoms with Gasteiger partial charge in [-0.3, -0.25) is 4.79 Å². The molecule has 0 saturated carbocycles. The first kappa shape index (κ1) is 18.1. The number of nitrogens with one attached hydrogen (secondary N) is 1. The Labute approximate surface area is 144 Å². The van der Waals surface area contributed by atoms with Crippen LogP contribution in [0, 0.1) is 0 Å². The minimum Gasteiger partial charge on any atom is -0.479 e. The van der Waals surface area contributed by atoms with Crippen molar-refractivity contribution in [2.45, 2.75) is 51.7 Å². The van der Waals surface area contributed by atoms with E-state index in [1.54, 1.807) is 19.1 Å². The molecule has 0 aromatic heterocycles. The predicted molar refractivity (Wildman–Crippen MR) is 94.1 cm³/mol. The third kappa shape index (κ3) is 5.70. The van der Waals surface area contributed by atoms with Gasteiger partial charge in [0, 0.05) is 19.1 Å². The molecule has 1 aliphatic heterocycles. The van der Waals surface area contributed by atoms with Gasteiger partial charge in [-0.25, -0.2) is 0 Å². The highest BCUT2D eigenvalue weighted by Gasteiger charge is 2.23. The summed E-state index contributed by atoms with van der Waals surface area (Å²) in [6, 6.07) is 7.47. The van der Waals surface area contributed by atoms with Crippen LogP contribution in [0.4, 0.5) is 0 Å². The van der Waals surface area contributed by atoms with E-state index in [1.807, 2.05) is 12.1 Å². The van der Waals surface area contributed by atoms with Gasteiger partial charge in [0.15, 0.2) is 6.10 Å². The van der Waals surface area contributed by atoms with Gasteiger partial charge < -0.3 is 15.0 Å². The lowest BCUT2D eigenvalue weighted by atomic mass is 10.0. The van der Waals surface area contributed by atoms with Gasteiger partial charge in [0.25, 0.3) is 5.91 Å². The summed E-state index contributed by atoms with van der Waals surface area (Å²) in [6.45, 7) is 7.26. The lowest BCUT2D eigenvalue weighted by Crippen LogP contribution is -2.48. The molecule has 2 rings (SSSR count). The fourth-order valence-electron chi connectivity index (χ4n) is 2.79. The number of likely N-dealkylation sites (tertiary alicyclic amines) is 1. The third-order valence-corrected chi connectivity index (χ3v) is 4.58. The molecule has 1 fully saturated rings. The molecule has 1 unspecified atom stereocenters. The van der Waals surface area contributed by atoms with Gasteiger partial charge in [-0.15, -0.1) is 0 Å². The van der Waals surface area contributed by atoms with E-state index in [0.29, 0.717) is 10.8 Å². The van der Waals surface area contributed by atoms with E-state index in [2.05, 4.69) is 17.1 Å². The number of ether oxygens (including phenoxy) is 1. The second-order valence-corrected chi connectivity index (χ2v) is 6.58. The van der Waals surface area contributed by atoms with Gasteiger partial charge in [0.1, 0.15) is 5.75 Å². The van der Waals surface area contributed by atoms with E-state index in [0.717, 1.165) is 25.9 Å². The van der Waals surface area contributed by atoms with Crippen molar-refractivity contribution in [2.24, 2.45) is 0 Å². The molecule has 0 aliphatic carbocycles. The highest BCUT2D eigenvalue weighted by atomic mass is 35.5. The van der Waals surface area contributed by atoms with Crippen LogP contribution in [0.15, 0.2) is 24.3 Å². The Hall–Kier alpha value is -1.26. The molecule has 1 atom stereocenters. The molecule has 0 bridgehead atoms. The van der Waals surface area contributed by atoms with Crippen molar-refractivity contribution in [3.05, 3.63) is 29.3 Å². The van der Waals surface area contributed by atoms with Crippen molar-refractivity contribution in [3.63, 3.8) is 0 Å². The molecule has 4 nitrogen and oxygen atoms in total. The highest BCUT2D eigenvalue weighted by Crippen LogP contribution is 2.24. The average molecular weight is 339 g/mol. The van der Waals surface area contributed by atoms with Crippen LogP contribution in [-0.2, 0) is 4.79 Å². The Balaban J connectivity index is 1.75. The summed E-state index contributed by atoms with van der Waals surface area (Å²) >= 11 is 6.06. The summed E-state index contributed by atoms with van der Waals surface area (Å²) in [7, 11) is 0. The molecule has 5 heteroatoms. The number of amides is 1. The van der Waals surface area contributed by atoms with Crippen LogP contribution in [0.2, 0.25) is 5.02 Å². The fraction of sp³-hybridized carbons (Fsp3) is 0.611. The number of rotatable bonds is 7. The highest BCUT2D eigenvalue weighted by molar-refractivity contribution is 6.32. The zero-order chi connectivity index (χ0) is 16.7. The van der Waals surface area contributed by atoms with Gasteiger partial charge in [-0.2, -0.15) is 0 Å². The average Bonchev–Trinajstić information content (AvgIpc) is 2.56. The largest absolute Gasteiger partial charge is 0.479 e. The van der Waals surface area contributed by atoms with Crippen molar-refractivity contribution in [1.82, 2.24) is 10.2 Å². The quantitative estimate of drug-likeness (QED) is 0.827. The summed E-state index contributed by atoms with van der Waals surface area (Å²) in [5.74, 6) is 0.475. The van der Waals surface area contributed by atoms with E-state index in [4.69, 9.17) is 16.3 Å². The maximum Gasteiger partial charge on any atom is 0.260 e. The molecule has 1 saturated heterocycles. The Morgan fingerprint density at radius 1 is 1.39 bits per heavy atom. The Kier molecular flexibility index (Phi) is 7.18. The Bertz CT molecular complexity index is 502. The maximum absolute atomic E-state index is 12.3. The van der Waals surface area contributed by atoms with Crippen LogP contribution < -0.4 is 10.1 Å². The number of nitrogens with zero attached hydrogens (tertiary/aromatic N) is 1. The number of benzene rings is 1. The zero-order valence-electron chi connectivity index (χ0n) is 14.1.